The minimum Gasteiger partial charge on any atom is -0.467 e. The molecule has 0 bridgehead atoms. The Morgan fingerprint density at radius 3 is 1.94 bits per heavy atom. The van der Waals surface area contributed by atoms with Crippen LogP contribution in [0.4, 0.5) is 15.3 Å². The number of methoxy groups -OCH3 is 1. The third-order valence-corrected chi connectivity index (χ3v) is 3.99. The molecule has 0 aliphatic carbocycles. The molecule has 0 saturated heterocycles. The average Bonchev–Trinajstić information content (AvgIpc) is 2.73. The van der Waals surface area contributed by atoms with Gasteiger partial charge in [-0.25, -0.2) is 14.4 Å². The maximum absolute atomic E-state index is 12.0. The van der Waals surface area contributed by atoms with Crippen molar-refractivity contribution in [3.05, 3.63) is 64.2 Å². The van der Waals surface area contributed by atoms with Crippen LogP contribution in [0.5, 0.6) is 11.5 Å². The number of nitro groups is 1. The Morgan fingerprint density at radius 2 is 1.48 bits per heavy atom. The first kappa shape index (κ1) is 25.1. The van der Waals surface area contributed by atoms with Crippen LogP contribution in [-0.4, -0.2) is 41.9 Å². The van der Waals surface area contributed by atoms with Crippen LogP contribution in [-0.2, 0) is 20.7 Å². The van der Waals surface area contributed by atoms with E-state index in [9.17, 15) is 24.5 Å². The van der Waals surface area contributed by atoms with Crippen LogP contribution in [0.15, 0.2) is 48.5 Å². The zero-order valence-electron chi connectivity index (χ0n) is 18.5. The molecule has 1 N–H and O–H groups in total. The first-order valence-electron chi connectivity index (χ1n) is 9.77. The van der Waals surface area contributed by atoms with Gasteiger partial charge in [0.1, 0.15) is 23.1 Å². The van der Waals surface area contributed by atoms with Crippen LogP contribution in [0.25, 0.3) is 0 Å². The molecular formula is C22H24N2O9. The van der Waals surface area contributed by atoms with Gasteiger partial charge in [0.05, 0.1) is 12.0 Å². The lowest BCUT2D eigenvalue weighted by atomic mass is 10.1. The number of hydrogen-bond donors (Lipinski definition) is 1. The Morgan fingerprint density at radius 1 is 0.970 bits per heavy atom. The van der Waals surface area contributed by atoms with E-state index in [1.165, 1.54) is 43.5 Å². The molecule has 1 atom stereocenters. The summed E-state index contributed by atoms with van der Waals surface area (Å²) in [6.07, 6.45) is -1.68. The molecule has 33 heavy (non-hydrogen) atoms. The number of non-ortho nitro benzene ring substituents is 1. The van der Waals surface area contributed by atoms with E-state index in [1.54, 1.807) is 32.9 Å². The Balaban J connectivity index is 1.96. The molecule has 176 valence electrons. The van der Waals surface area contributed by atoms with E-state index in [4.69, 9.17) is 18.9 Å². The van der Waals surface area contributed by atoms with Gasteiger partial charge in [-0.15, -0.1) is 0 Å². The highest BCUT2D eigenvalue weighted by molar-refractivity contribution is 5.81. The number of nitrogens with one attached hydrogen (secondary N) is 1. The van der Waals surface area contributed by atoms with Gasteiger partial charge in [0, 0.05) is 18.6 Å². The summed E-state index contributed by atoms with van der Waals surface area (Å²) in [7, 11) is 1.21. The first-order chi connectivity index (χ1) is 15.5. The highest BCUT2D eigenvalue weighted by atomic mass is 16.7. The Kier molecular flexibility index (Phi) is 8.32. The van der Waals surface area contributed by atoms with Gasteiger partial charge in [0.25, 0.3) is 5.69 Å². The predicted octanol–water partition coefficient (Wildman–Crippen LogP) is 3.78. The molecule has 0 aliphatic rings. The van der Waals surface area contributed by atoms with E-state index >= 15 is 0 Å². The Bertz CT molecular complexity index is 996. The molecular weight excluding hydrogens is 436 g/mol. The molecule has 2 aromatic carbocycles. The summed E-state index contributed by atoms with van der Waals surface area (Å²) in [6.45, 7) is 5.10. The lowest BCUT2D eigenvalue weighted by molar-refractivity contribution is -0.384. The van der Waals surface area contributed by atoms with E-state index in [0.29, 0.717) is 5.56 Å². The number of nitro benzene ring substituents is 1. The second kappa shape index (κ2) is 10.9. The van der Waals surface area contributed by atoms with Crippen LogP contribution < -0.4 is 14.8 Å². The summed E-state index contributed by atoms with van der Waals surface area (Å²) in [5.74, 6) is -0.399. The van der Waals surface area contributed by atoms with Crippen LogP contribution in [0, 0.1) is 10.1 Å². The number of nitrogens with zero attached hydrogens (tertiary/aromatic N) is 1. The van der Waals surface area contributed by atoms with Gasteiger partial charge in [-0.05, 0) is 50.6 Å². The number of alkyl carbamates (subject to hydrolysis) is 1. The zero-order chi connectivity index (χ0) is 24.6. The zero-order valence-corrected chi connectivity index (χ0v) is 18.5. The molecule has 0 aromatic heterocycles. The van der Waals surface area contributed by atoms with Gasteiger partial charge >= 0.3 is 18.2 Å². The largest absolute Gasteiger partial charge is 0.519 e. The molecule has 0 unspecified atom stereocenters. The molecule has 2 aromatic rings. The highest BCUT2D eigenvalue weighted by Gasteiger charge is 2.25. The predicted molar refractivity (Wildman–Crippen MR) is 115 cm³/mol. The van der Waals surface area contributed by atoms with Gasteiger partial charge in [-0.2, -0.15) is 0 Å². The summed E-state index contributed by atoms with van der Waals surface area (Å²) >= 11 is 0. The smallest absolute Gasteiger partial charge is 0.467 e. The number of ether oxygens (including phenoxy) is 4. The second-order valence-electron chi connectivity index (χ2n) is 7.78. The van der Waals surface area contributed by atoms with Crippen molar-refractivity contribution in [2.75, 3.05) is 7.11 Å². The van der Waals surface area contributed by atoms with Crippen molar-refractivity contribution in [2.45, 2.75) is 38.8 Å². The topological polar surface area (TPSA) is 143 Å². The molecule has 1 amide bonds. The van der Waals surface area contributed by atoms with Gasteiger partial charge < -0.3 is 24.3 Å². The van der Waals surface area contributed by atoms with Crippen molar-refractivity contribution in [1.29, 1.82) is 0 Å². The summed E-state index contributed by atoms with van der Waals surface area (Å²) in [5.41, 5.74) is -0.220. The van der Waals surface area contributed by atoms with Crippen molar-refractivity contribution in [2.24, 2.45) is 0 Å². The molecule has 11 heteroatoms. The number of carbonyl (C=O) groups is 3. The summed E-state index contributed by atoms with van der Waals surface area (Å²) in [6, 6.07) is 10.1. The summed E-state index contributed by atoms with van der Waals surface area (Å²) in [5, 5.41) is 13.1. The fraction of sp³-hybridized carbons (Fsp3) is 0.318. The fourth-order valence-corrected chi connectivity index (χ4v) is 2.56. The van der Waals surface area contributed by atoms with Crippen LogP contribution in [0.3, 0.4) is 0 Å². The fourth-order valence-electron chi connectivity index (χ4n) is 2.56. The maximum atomic E-state index is 12.0. The van der Waals surface area contributed by atoms with Crippen molar-refractivity contribution >= 4 is 23.9 Å². The van der Waals surface area contributed by atoms with Gasteiger partial charge in [-0.1, -0.05) is 12.1 Å². The highest BCUT2D eigenvalue weighted by Crippen LogP contribution is 2.19. The average molecular weight is 460 g/mol. The van der Waals surface area contributed by atoms with Crippen molar-refractivity contribution in [3.63, 3.8) is 0 Å². The van der Waals surface area contributed by atoms with E-state index in [2.05, 4.69) is 5.32 Å². The molecule has 0 radical (unpaired) electrons. The molecule has 0 heterocycles. The van der Waals surface area contributed by atoms with E-state index in [-0.39, 0.29) is 23.6 Å². The van der Waals surface area contributed by atoms with Crippen molar-refractivity contribution < 1.29 is 38.3 Å². The van der Waals surface area contributed by atoms with Gasteiger partial charge in [0.2, 0.25) is 0 Å². The van der Waals surface area contributed by atoms with Crippen molar-refractivity contribution in [1.82, 2.24) is 5.32 Å². The minimum absolute atomic E-state index is 0.0800. The lowest BCUT2D eigenvalue weighted by Gasteiger charge is -2.22. The summed E-state index contributed by atoms with van der Waals surface area (Å²) < 4.78 is 19.9. The second-order valence-corrected chi connectivity index (χ2v) is 7.78. The number of esters is 1. The molecule has 0 saturated carbocycles. The quantitative estimate of drug-likeness (QED) is 0.282. The standard InChI is InChI=1S/C22H24N2O9/c1-22(2,3)33-20(26)23-18(19(25)30-4)13-14-5-9-16(10-6-14)31-21(27)32-17-11-7-15(8-12-17)24(28)29/h5-12,18H,13H2,1-4H3,(H,23,26)/t18-/m1/s1. The SMILES string of the molecule is COC(=O)[C@@H](Cc1ccc(OC(=O)Oc2ccc([N+](=O)[O-])cc2)cc1)NC(=O)OC(C)(C)C. The van der Waals surface area contributed by atoms with E-state index in [0.717, 1.165) is 0 Å². The number of amides is 1. The molecule has 0 fully saturated rings. The van der Waals surface area contributed by atoms with E-state index < -0.39 is 34.8 Å². The van der Waals surface area contributed by atoms with Gasteiger partial charge in [-0.3, -0.25) is 10.1 Å². The van der Waals surface area contributed by atoms with Crippen molar-refractivity contribution in [3.8, 4) is 11.5 Å². The number of rotatable bonds is 7. The minimum atomic E-state index is -1.03. The monoisotopic (exact) mass is 460 g/mol. The van der Waals surface area contributed by atoms with Crippen LogP contribution in [0.1, 0.15) is 26.3 Å². The number of carbonyl (C=O) groups excluding carboxylic acids is 3. The Labute approximate surface area is 189 Å². The molecule has 11 nitrogen and oxygen atoms in total. The summed E-state index contributed by atoms with van der Waals surface area (Å²) in [4.78, 5) is 46.1. The first-order valence-corrected chi connectivity index (χ1v) is 9.77. The number of benzene rings is 2. The molecule has 0 aliphatic heterocycles. The van der Waals surface area contributed by atoms with E-state index in [1.807, 2.05) is 0 Å². The molecule has 2 rings (SSSR count). The maximum Gasteiger partial charge on any atom is 0.519 e. The van der Waals surface area contributed by atoms with Gasteiger partial charge in [0.15, 0.2) is 0 Å². The van der Waals surface area contributed by atoms with Crippen LogP contribution in [0.2, 0.25) is 0 Å². The third kappa shape index (κ3) is 8.48. The Hall–Kier alpha value is -4.15. The van der Waals surface area contributed by atoms with Crippen LogP contribution >= 0.6 is 0 Å². The molecule has 0 spiro atoms. The third-order valence-electron chi connectivity index (χ3n) is 3.99. The normalized spacial score (nSPS) is 11.6. The number of hydrogen-bond acceptors (Lipinski definition) is 9. The lowest BCUT2D eigenvalue weighted by Crippen LogP contribution is -2.45.